The number of aromatic nitrogens is 5. The summed E-state index contributed by atoms with van der Waals surface area (Å²) in [4.78, 5) is 7.40. The summed E-state index contributed by atoms with van der Waals surface area (Å²) < 4.78 is 1.23. The molecule has 2 rings (SSSR count). The second-order valence-electron chi connectivity index (χ2n) is 2.89. The van der Waals surface area contributed by atoms with Crippen molar-refractivity contribution in [2.24, 2.45) is 5.11 Å². The molecule has 0 fully saturated rings. The number of hydrogen-bond acceptors (Lipinski definition) is 8. The van der Waals surface area contributed by atoms with E-state index >= 15 is 0 Å². The molecule has 2 heterocycles. The third-order valence-electron chi connectivity index (χ3n) is 1.40. The first kappa shape index (κ1) is 11.8. The predicted molar refractivity (Wildman–Crippen MR) is 58.2 cm³/mol. The molecule has 0 aromatic carbocycles. The summed E-state index contributed by atoms with van der Waals surface area (Å²) in [6, 6.07) is 0. The number of nitrogens with two attached hydrogens (primary N) is 2. The summed E-state index contributed by atoms with van der Waals surface area (Å²) in [6.45, 7) is 4.25. The molecule has 0 unspecified atom stereocenters. The van der Waals surface area contributed by atoms with Crippen molar-refractivity contribution in [2.75, 3.05) is 11.5 Å². The van der Waals surface area contributed by atoms with Gasteiger partial charge in [0.1, 0.15) is 0 Å². The van der Waals surface area contributed by atoms with Gasteiger partial charge in [0, 0.05) is 0 Å². The maximum absolute atomic E-state index is 6.75. The van der Waals surface area contributed by atoms with Crippen LogP contribution in [0.25, 0.3) is 5.78 Å². The Hall–Kier alpha value is -2.32. The van der Waals surface area contributed by atoms with Crippen LogP contribution in [0.2, 0.25) is 0 Å². The monoisotopic (exact) mass is 223 g/mol. The van der Waals surface area contributed by atoms with Gasteiger partial charge < -0.3 is 11.5 Å². The Kier molecular flexibility index (Phi) is 3.64. The van der Waals surface area contributed by atoms with Crippen LogP contribution in [-0.2, 0) is 0 Å². The molecule has 9 heteroatoms. The molecule has 16 heavy (non-hydrogen) atoms. The lowest BCUT2D eigenvalue weighted by atomic mass is 10.6. The second kappa shape index (κ2) is 4.96. The summed E-state index contributed by atoms with van der Waals surface area (Å²) in [6.07, 6.45) is 1.25. The first-order chi connectivity index (χ1) is 7.63. The van der Waals surface area contributed by atoms with E-state index in [1.807, 2.05) is 0 Å². The number of nitrogen functional groups attached to an aromatic ring is 2. The van der Waals surface area contributed by atoms with E-state index < -0.39 is 0 Å². The Morgan fingerprint density at radius 3 is 2.44 bits per heavy atom. The van der Waals surface area contributed by atoms with Crippen LogP contribution >= 0.6 is 0 Å². The SMILES string of the molecule is CCC.N=Nc1nnc2nc(N)nc(N)n12. The van der Waals surface area contributed by atoms with Crippen LogP contribution in [0.3, 0.4) is 0 Å². The Bertz CT molecular complexity index is 488. The average molecular weight is 223 g/mol. The van der Waals surface area contributed by atoms with Crippen molar-refractivity contribution in [2.45, 2.75) is 20.3 Å². The van der Waals surface area contributed by atoms with Crippen molar-refractivity contribution in [3.05, 3.63) is 0 Å². The molecule has 0 amide bonds. The summed E-state index contributed by atoms with van der Waals surface area (Å²) in [7, 11) is 0. The number of hydrogen-bond donors (Lipinski definition) is 3. The van der Waals surface area contributed by atoms with Gasteiger partial charge in [-0.15, -0.1) is 15.3 Å². The van der Waals surface area contributed by atoms with Crippen molar-refractivity contribution in [1.82, 2.24) is 24.6 Å². The van der Waals surface area contributed by atoms with Gasteiger partial charge in [-0.25, -0.2) is 9.93 Å². The van der Waals surface area contributed by atoms with E-state index in [9.17, 15) is 0 Å². The molecule has 0 spiro atoms. The molecular formula is C7H13N9. The van der Waals surface area contributed by atoms with Crippen LogP contribution in [0.1, 0.15) is 20.3 Å². The quantitative estimate of drug-likeness (QED) is 0.608. The fraction of sp³-hybridized carbons (Fsp3) is 0.429. The van der Waals surface area contributed by atoms with Crippen molar-refractivity contribution in [3.8, 4) is 0 Å². The molecule has 2 aromatic heterocycles. The summed E-state index contributed by atoms with van der Waals surface area (Å²) in [5.74, 6) is 0.260. The van der Waals surface area contributed by atoms with Gasteiger partial charge in [0.25, 0.3) is 11.7 Å². The van der Waals surface area contributed by atoms with Crippen LogP contribution in [0.4, 0.5) is 17.8 Å². The number of nitrogens with zero attached hydrogens (tertiary/aromatic N) is 6. The number of anilines is 2. The van der Waals surface area contributed by atoms with Crippen LogP contribution in [0, 0.1) is 5.53 Å². The maximum Gasteiger partial charge on any atom is 0.277 e. The van der Waals surface area contributed by atoms with Crippen molar-refractivity contribution in [3.63, 3.8) is 0 Å². The molecule has 0 aliphatic rings. The molecule has 0 aliphatic carbocycles. The van der Waals surface area contributed by atoms with Crippen LogP contribution in [0.5, 0.6) is 0 Å². The van der Waals surface area contributed by atoms with Crippen molar-refractivity contribution in [1.29, 1.82) is 5.53 Å². The lowest BCUT2D eigenvalue weighted by molar-refractivity contribution is 0.981. The van der Waals surface area contributed by atoms with E-state index in [2.05, 4.69) is 39.1 Å². The fourth-order valence-electron chi connectivity index (χ4n) is 0.913. The zero-order valence-electron chi connectivity index (χ0n) is 9.05. The van der Waals surface area contributed by atoms with Crippen LogP contribution < -0.4 is 11.5 Å². The minimum Gasteiger partial charge on any atom is -0.369 e. The number of fused-ring (bicyclic) bond motifs is 1. The Morgan fingerprint density at radius 1 is 1.25 bits per heavy atom. The summed E-state index contributed by atoms with van der Waals surface area (Å²) >= 11 is 0. The fourth-order valence-corrected chi connectivity index (χ4v) is 0.913. The maximum atomic E-state index is 6.75. The number of nitrogens with one attached hydrogen (secondary N) is 1. The Morgan fingerprint density at radius 2 is 1.88 bits per heavy atom. The molecule has 0 radical (unpaired) electrons. The highest BCUT2D eigenvalue weighted by atomic mass is 15.4. The number of rotatable bonds is 1. The average Bonchev–Trinajstić information content (AvgIpc) is 2.61. The minimum atomic E-state index is 0.00827. The zero-order chi connectivity index (χ0) is 12.1. The highest BCUT2D eigenvalue weighted by Crippen LogP contribution is 2.13. The van der Waals surface area contributed by atoms with Gasteiger partial charge >= 0.3 is 0 Å². The minimum absolute atomic E-state index is 0.00827. The zero-order valence-corrected chi connectivity index (χ0v) is 9.05. The first-order valence-corrected chi connectivity index (χ1v) is 4.65. The lowest BCUT2D eigenvalue weighted by Crippen LogP contribution is -2.05. The Balaban J connectivity index is 0.000000386. The molecule has 0 aliphatic heterocycles. The predicted octanol–water partition coefficient (Wildman–Crippen LogP) is 0.762. The van der Waals surface area contributed by atoms with E-state index in [0.717, 1.165) is 0 Å². The molecular weight excluding hydrogens is 210 g/mol. The van der Waals surface area contributed by atoms with E-state index in [1.165, 1.54) is 10.8 Å². The van der Waals surface area contributed by atoms with Gasteiger partial charge in [-0.1, -0.05) is 20.3 Å². The topological polar surface area (TPSA) is 144 Å². The van der Waals surface area contributed by atoms with Crippen LogP contribution in [-0.4, -0.2) is 24.6 Å². The molecule has 5 N–H and O–H groups in total. The third-order valence-corrected chi connectivity index (χ3v) is 1.40. The van der Waals surface area contributed by atoms with Crippen molar-refractivity contribution >= 4 is 23.6 Å². The normalized spacial score (nSPS) is 9.62. The summed E-state index contributed by atoms with van der Waals surface area (Å²) in [5, 5.41) is 10.2. The highest BCUT2D eigenvalue weighted by Gasteiger charge is 2.09. The van der Waals surface area contributed by atoms with Gasteiger partial charge in [0.2, 0.25) is 11.9 Å². The molecule has 0 saturated carbocycles. The van der Waals surface area contributed by atoms with Gasteiger partial charge in [0.05, 0.1) is 0 Å². The molecule has 0 saturated heterocycles. The van der Waals surface area contributed by atoms with Gasteiger partial charge in [-0.3, -0.25) is 0 Å². The molecule has 0 bridgehead atoms. The third kappa shape index (κ3) is 2.19. The van der Waals surface area contributed by atoms with Crippen molar-refractivity contribution < 1.29 is 0 Å². The molecule has 2 aromatic rings. The van der Waals surface area contributed by atoms with E-state index in [1.54, 1.807) is 0 Å². The first-order valence-electron chi connectivity index (χ1n) is 4.65. The summed E-state index contributed by atoms with van der Waals surface area (Å²) in [5.41, 5.74) is 17.6. The van der Waals surface area contributed by atoms with E-state index in [4.69, 9.17) is 17.0 Å². The standard InChI is InChI=1S/C4H5N9.C3H8/c5-1-8-2(6)13-3(9-1)11-12-4(13)10-7;1-3-2/h7H,(H4,5,6,8,9,11);3H2,1-2H3. The lowest BCUT2D eigenvalue weighted by Gasteiger charge is -1.97. The molecule has 86 valence electrons. The highest BCUT2D eigenvalue weighted by molar-refractivity contribution is 5.46. The van der Waals surface area contributed by atoms with Gasteiger partial charge in [-0.2, -0.15) is 9.97 Å². The van der Waals surface area contributed by atoms with E-state index in [0.29, 0.717) is 0 Å². The van der Waals surface area contributed by atoms with E-state index in [-0.39, 0.29) is 23.6 Å². The molecule has 0 atom stereocenters. The smallest absolute Gasteiger partial charge is 0.277 e. The van der Waals surface area contributed by atoms with Gasteiger partial charge in [-0.05, 0) is 0 Å². The van der Waals surface area contributed by atoms with Crippen LogP contribution in [0.15, 0.2) is 5.11 Å². The second-order valence-corrected chi connectivity index (χ2v) is 2.89. The largest absolute Gasteiger partial charge is 0.369 e. The Labute approximate surface area is 91.4 Å². The van der Waals surface area contributed by atoms with Gasteiger partial charge in [0.15, 0.2) is 0 Å². The molecule has 9 nitrogen and oxygen atoms in total.